The van der Waals surface area contributed by atoms with Crippen molar-refractivity contribution in [2.75, 3.05) is 18.5 Å². The van der Waals surface area contributed by atoms with Gasteiger partial charge in [-0.1, -0.05) is 48.5 Å². The van der Waals surface area contributed by atoms with Crippen LogP contribution in [0, 0.1) is 0 Å². The van der Waals surface area contributed by atoms with Crippen molar-refractivity contribution >= 4 is 33.7 Å². The van der Waals surface area contributed by atoms with Crippen LogP contribution in [0.15, 0.2) is 11.1 Å². The Morgan fingerprint density at radius 1 is 1.14 bits per heavy atom. The van der Waals surface area contributed by atoms with Gasteiger partial charge in [0, 0.05) is 13.0 Å². The first kappa shape index (κ1) is 29.0. The maximum Gasteiger partial charge on any atom is 0.280 e. The largest absolute Gasteiger partial charge is 0.414 e. The zero-order valence-electron chi connectivity index (χ0n) is 24.1. The van der Waals surface area contributed by atoms with Crippen LogP contribution >= 0.6 is 0 Å². The number of fused-ring (bicyclic) bond motifs is 1. The monoisotopic (exact) mass is 537 g/mol. The Bertz CT molecular complexity index is 1100. The SMILES string of the molecule is CCCNc1nc2c(ncn2[C@H]2C[C@H](O[Si](C)(C)C(C)(C)C)[C@@H](CO[Si](C)(C)C(C)(C)C)O2)c(=O)[nH]1. The van der Waals surface area contributed by atoms with Crippen LogP contribution in [0.4, 0.5) is 5.95 Å². The van der Waals surface area contributed by atoms with E-state index < -0.39 is 16.6 Å². The van der Waals surface area contributed by atoms with Crippen molar-refractivity contribution in [2.45, 2.75) is 116 Å². The molecule has 1 aliphatic rings. The van der Waals surface area contributed by atoms with Gasteiger partial charge in [0.25, 0.3) is 5.56 Å². The molecule has 3 rings (SSSR count). The maximum absolute atomic E-state index is 12.6. The lowest BCUT2D eigenvalue weighted by molar-refractivity contribution is -0.0383. The highest BCUT2D eigenvalue weighted by molar-refractivity contribution is 6.74. The number of rotatable bonds is 9. The molecule has 0 amide bonds. The zero-order valence-corrected chi connectivity index (χ0v) is 26.1. The summed E-state index contributed by atoms with van der Waals surface area (Å²) in [6.45, 7) is 25.8. The number of aromatic amines is 1. The molecule has 2 N–H and O–H groups in total. The van der Waals surface area contributed by atoms with E-state index in [1.165, 1.54) is 0 Å². The Morgan fingerprint density at radius 3 is 2.36 bits per heavy atom. The van der Waals surface area contributed by atoms with Crippen molar-refractivity contribution in [3.05, 3.63) is 16.7 Å². The minimum absolute atomic E-state index is 0.0757. The van der Waals surface area contributed by atoms with Gasteiger partial charge in [-0.15, -0.1) is 0 Å². The first-order valence-corrected chi connectivity index (χ1v) is 19.0. The molecule has 1 fully saturated rings. The average molecular weight is 538 g/mol. The second-order valence-electron chi connectivity index (χ2n) is 13.0. The normalized spacial score (nSPS) is 21.9. The molecular formula is C25H47N5O4Si2. The van der Waals surface area contributed by atoms with Crippen LogP contribution in [0.5, 0.6) is 0 Å². The molecule has 1 saturated heterocycles. The van der Waals surface area contributed by atoms with Gasteiger partial charge < -0.3 is 18.9 Å². The molecule has 0 bridgehead atoms. The van der Waals surface area contributed by atoms with Crippen LogP contribution < -0.4 is 10.9 Å². The molecule has 204 valence electrons. The first-order valence-electron chi connectivity index (χ1n) is 13.1. The number of nitrogens with zero attached hydrogens (tertiary/aromatic N) is 3. The summed E-state index contributed by atoms with van der Waals surface area (Å²) in [7, 11) is -4.02. The summed E-state index contributed by atoms with van der Waals surface area (Å²) in [5, 5.41) is 3.35. The van der Waals surface area contributed by atoms with E-state index in [2.05, 4.69) is 94.9 Å². The van der Waals surface area contributed by atoms with Crippen LogP contribution in [0.2, 0.25) is 36.3 Å². The van der Waals surface area contributed by atoms with Crippen molar-refractivity contribution in [1.29, 1.82) is 0 Å². The average Bonchev–Trinajstić information content (AvgIpc) is 3.33. The van der Waals surface area contributed by atoms with Gasteiger partial charge in [0.15, 0.2) is 27.8 Å². The molecule has 3 heterocycles. The molecule has 2 aromatic heterocycles. The molecule has 0 radical (unpaired) electrons. The summed E-state index contributed by atoms with van der Waals surface area (Å²) in [6.07, 6.45) is 2.56. The van der Waals surface area contributed by atoms with Crippen molar-refractivity contribution < 1.29 is 13.6 Å². The molecular weight excluding hydrogens is 490 g/mol. The fourth-order valence-corrected chi connectivity index (χ4v) is 6.04. The van der Waals surface area contributed by atoms with Crippen molar-refractivity contribution in [3.63, 3.8) is 0 Å². The van der Waals surface area contributed by atoms with E-state index in [1.54, 1.807) is 6.33 Å². The fourth-order valence-electron chi connectivity index (χ4n) is 3.67. The van der Waals surface area contributed by atoms with E-state index in [-0.39, 0.29) is 34.1 Å². The highest BCUT2D eigenvalue weighted by atomic mass is 28.4. The zero-order chi connectivity index (χ0) is 27.1. The smallest absolute Gasteiger partial charge is 0.280 e. The van der Waals surface area contributed by atoms with E-state index >= 15 is 0 Å². The summed E-state index contributed by atoms with van der Waals surface area (Å²) in [6, 6.07) is 0. The van der Waals surface area contributed by atoms with Crippen molar-refractivity contribution in [1.82, 2.24) is 19.5 Å². The number of imidazole rings is 1. The standard InChI is InChI=1S/C25H47N5O4Si2/c1-12-13-26-23-28-21-20(22(31)29-23)27-16-30(21)19-14-17(34-36(10,11)25(5,6)7)18(33-19)15-32-35(8,9)24(2,3)4/h16-19H,12-15H2,1-11H3,(H2,26,28,29,31)/t17-,18+,19+/m0/s1. The van der Waals surface area contributed by atoms with Gasteiger partial charge in [-0.05, 0) is 42.7 Å². The summed E-state index contributed by atoms with van der Waals surface area (Å²) in [4.78, 5) is 24.4. The Balaban J connectivity index is 1.92. The van der Waals surface area contributed by atoms with Gasteiger partial charge >= 0.3 is 0 Å². The number of hydrogen-bond donors (Lipinski definition) is 2. The minimum atomic E-state index is -2.05. The van der Waals surface area contributed by atoms with E-state index in [1.807, 2.05) is 4.57 Å². The highest BCUT2D eigenvalue weighted by Gasteiger charge is 2.46. The molecule has 0 aliphatic carbocycles. The molecule has 0 unspecified atom stereocenters. The van der Waals surface area contributed by atoms with Gasteiger partial charge in [0.1, 0.15) is 12.3 Å². The molecule has 36 heavy (non-hydrogen) atoms. The van der Waals surface area contributed by atoms with Gasteiger partial charge in [-0.25, -0.2) is 4.98 Å². The lowest BCUT2D eigenvalue weighted by Crippen LogP contribution is -2.48. The molecule has 0 aromatic carbocycles. The fraction of sp³-hybridized carbons (Fsp3) is 0.800. The minimum Gasteiger partial charge on any atom is -0.414 e. The van der Waals surface area contributed by atoms with Crippen LogP contribution in [0.1, 0.15) is 67.5 Å². The van der Waals surface area contributed by atoms with Crippen LogP contribution in [-0.2, 0) is 13.6 Å². The second-order valence-corrected chi connectivity index (χ2v) is 22.6. The summed E-state index contributed by atoms with van der Waals surface area (Å²) in [5.74, 6) is 0.445. The van der Waals surface area contributed by atoms with Gasteiger partial charge in [0.2, 0.25) is 5.95 Å². The number of H-pyrrole nitrogens is 1. The van der Waals surface area contributed by atoms with E-state index in [4.69, 9.17) is 13.6 Å². The molecule has 0 spiro atoms. The highest BCUT2D eigenvalue weighted by Crippen LogP contribution is 2.42. The summed E-state index contributed by atoms with van der Waals surface area (Å²) in [5.41, 5.74) is 0.560. The Labute approximate surface area is 218 Å². The van der Waals surface area contributed by atoms with Gasteiger partial charge in [-0.3, -0.25) is 14.3 Å². The lowest BCUT2D eigenvalue weighted by atomic mass is 10.2. The van der Waals surface area contributed by atoms with E-state index in [0.29, 0.717) is 30.1 Å². The Morgan fingerprint density at radius 2 is 1.78 bits per heavy atom. The van der Waals surface area contributed by atoms with Crippen molar-refractivity contribution in [2.24, 2.45) is 0 Å². The third kappa shape index (κ3) is 6.12. The Hall–Kier alpha value is -1.54. The number of aromatic nitrogens is 4. The lowest BCUT2D eigenvalue weighted by Gasteiger charge is -2.40. The topological polar surface area (TPSA) is 103 Å². The number of nitrogens with one attached hydrogen (secondary N) is 2. The predicted molar refractivity (Wildman–Crippen MR) is 151 cm³/mol. The summed E-state index contributed by atoms with van der Waals surface area (Å²) >= 11 is 0. The third-order valence-corrected chi connectivity index (χ3v) is 17.1. The van der Waals surface area contributed by atoms with Crippen LogP contribution in [-0.4, -0.2) is 61.5 Å². The van der Waals surface area contributed by atoms with Crippen LogP contribution in [0.3, 0.4) is 0 Å². The van der Waals surface area contributed by atoms with E-state index in [0.717, 1.165) is 13.0 Å². The molecule has 0 saturated carbocycles. The Kier molecular flexibility index (Phi) is 8.32. The molecule has 9 nitrogen and oxygen atoms in total. The predicted octanol–water partition coefficient (Wildman–Crippen LogP) is 5.64. The molecule has 2 aromatic rings. The van der Waals surface area contributed by atoms with Gasteiger partial charge in [-0.2, -0.15) is 4.98 Å². The molecule has 1 aliphatic heterocycles. The summed E-state index contributed by atoms with van der Waals surface area (Å²) < 4.78 is 21.9. The van der Waals surface area contributed by atoms with Gasteiger partial charge in [0.05, 0.1) is 19.0 Å². The van der Waals surface area contributed by atoms with Crippen molar-refractivity contribution in [3.8, 4) is 0 Å². The third-order valence-electron chi connectivity index (χ3n) is 8.13. The quantitative estimate of drug-likeness (QED) is 0.399. The molecule has 3 atom stereocenters. The molecule has 11 heteroatoms. The maximum atomic E-state index is 12.6. The second kappa shape index (κ2) is 10.3. The number of anilines is 1. The number of hydrogen-bond acceptors (Lipinski definition) is 7. The first-order chi connectivity index (χ1) is 16.5. The van der Waals surface area contributed by atoms with E-state index in [9.17, 15) is 4.79 Å². The van der Waals surface area contributed by atoms with Crippen LogP contribution in [0.25, 0.3) is 11.2 Å². The number of ether oxygens (including phenoxy) is 1.